The Morgan fingerprint density at radius 2 is 1.95 bits per heavy atom. The molecule has 21 heavy (non-hydrogen) atoms. The smallest absolute Gasteiger partial charge is 0.170 e. The maximum atomic E-state index is 13.7. The summed E-state index contributed by atoms with van der Waals surface area (Å²) in [5.74, 6) is -1.56. The van der Waals surface area contributed by atoms with Gasteiger partial charge in [-0.2, -0.15) is 0 Å². The number of carbonyl (C=O) groups excluding carboxylic acids is 1. The monoisotopic (exact) mass is 374 g/mol. The summed E-state index contributed by atoms with van der Waals surface area (Å²) in [7, 11) is 1.52. The van der Waals surface area contributed by atoms with Crippen LogP contribution in [0.4, 0.5) is 8.78 Å². The van der Waals surface area contributed by atoms with Gasteiger partial charge in [0, 0.05) is 6.42 Å². The molecule has 2 nitrogen and oxygen atoms in total. The largest absolute Gasteiger partial charge is 0.496 e. The van der Waals surface area contributed by atoms with E-state index in [4.69, 9.17) is 16.3 Å². The maximum Gasteiger partial charge on any atom is 0.170 e. The molecule has 110 valence electrons. The van der Waals surface area contributed by atoms with Crippen LogP contribution in [0.1, 0.15) is 15.9 Å². The van der Waals surface area contributed by atoms with Crippen LogP contribution < -0.4 is 4.74 Å². The minimum absolute atomic E-state index is 0.0550. The van der Waals surface area contributed by atoms with E-state index in [0.29, 0.717) is 15.8 Å². The fourth-order valence-electron chi connectivity index (χ4n) is 1.84. The number of benzene rings is 2. The van der Waals surface area contributed by atoms with Crippen molar-refractivity contribution < 1.29 is 18.3 Å². The van der Waals surface area contributed by atoms with E-state index in [1.54, 1.807) is 18.2 Å². The van der Waals surface area contributed by atoms with E-state index in [1.807, 2.05) is 0 Å². The molecule has 0 atom stereocenters. The molecule has 0 aliphatic carbocycles. The molecule has 0 aromatic heterocycles. The Morgan fingerprint density at radius 1 is 1.24 bits per heavy atom. The summed E-state index contributed by atoms with van der Waals surface area (Å²) in [6, 6.07) is 6.69. The highest BCUT2D eigenvalue weighted by Crippen LogP contribution is 2.26. The van der Waals surface area contributed by atoms with Gasteiger partial charge in [0.2, 0.25) is 0 Å². The van der Waals surface area contributed by atoms with Gasteiger partial charge >= 0.3 is 0 Å². The third-order valence-corrected chi connectivity index (χ3v) is 3.80. The molecule has 0 aliphatic heterocycles. The average Bonchev–Trinajstić information content (AvgIpc) is 2.43. The summed E-state index contributed by atoms with van der Waals surface area (Å²) < 4.78 is 32.8. The van der Waals surface area contributed by atoms with Gasteiger partial charge in [-0.3, -0.25) is 4.79 Å². The van der Waals surface area contributed by atoms with Crippen LogP contribution in [0.5, 0.6) is 5.75 Å². The predicted octanol–water partition coefficient (Wildman–Crippen LogP) is 4.81. The van der Waals surface area contributed by atoms with Crippen molar-refractivity contribution in [2.45, 2.75) is 6.42 Å². The van der Waals surface area contributed by atoms with E-state index < -0.39 is 17.4 Å². The number of hydrogen-bond donors (Lipinski definition) is 0. The summed E-state index contributed by atoms with van der Waals surface area (Å²) in [5, 5.41) is -0.351. The van der Waals surface area contributed by atoms with E-state index >= 15 is 0 Å². The first kappa shape index (κ1) is 15.9. The van der Waals surface area contributed by atoms with Gasteiger partial charge < -0.3 is 4.74 Å². The number of carbonyl (C=O) groups is 1. The SMILES string of the molecule is COc1ccc(CC(=O)c2cc(F)c(Cl)cc2F)cc1Br. The lowest BCUT2D eigenvalue weighted by Crippen LogP contribution is -2.07. The van der Waals surface area contributed by atoms with E-state index in [2.05, 4.69) is 15.9 Å². The Hall–Kier alpha value is -1.46. The highest BCUT2D eigenvalue weighted by molar-refractivity contribution is 9.10. The van der Waals surface area contributed by atoms with Crippen molar-refractivity contribution >= 4 is 33.3 Å². The second kappa shape index (κ2) is 6.54. The Balaban J connectivity index is 2.26. The summed E-state index contributed by atoms with van der Waals surface area (Å²) >= 11 is 8.76. The predicted molar refractivity (Wildman–Crippen MR) is 80.1 cm³/mol. The number of hydrogen-bond acceptors (Lipinski definition) is 2. The molecule has 0 aliphatic rings. The zero-order chi connectivity index (χ0) is 15.6. The molecule has 2 aromatic rings. The summed E-state index contributed by atoms with van der Waals surface area (Å²) in [6.07, 6.45) is -0.0550. The summed E-state index contributed by atoms with van der Waals surface area (Å²) in [6.45, 7) is 0. The molecule has 0 N–H and O–H groups in total. The summed E-state index contributed by atoms with van der Waals surface area (Å²) in [4.78, 5) is 12.1. The van der Waals surface area contributed by atoms with Crippen molar-refractivity contribution in [1.82, 2.24) is 0 Å². The molecule has 0 saturated heterocycles. The number of Topliss-reactive ketones (excluding diaryl/α,β-unsaturated/α-hetero) is 1. The van der Waals surface area contributed by atoms with Gasteiger partial charge in [0.05, 0.1) is 22.2 Å². The first-order valence-corrected chi connectivity index (χ1v) is 7.09. The van der Waals surface area contributed by atoms with Crippen molar-refractivity contribution in [2.75, 3.05) is 7.11 Å². The molecule has 0 bridgehead atoms. The van der Waals surface area contributed by atoms with Gasteiger partial charge in [0.15, 0.2) is 5.78 Å². The normalized spacial score (nSPS) is 10.5. The number of rotatable bonds is 4. The van der Waals surface area contributed by atoms with Crippen LogP contribution in [0.2, 0.25) is 5.02 Å². The Bertz CT molecular complexity index is 704. The molecule has 6 heteroatoms. The molecular formula is C15H10BrClF2O2. The molecule has 0 heterocycles. The van der Waals surface area contributed by atoms with Gasteiger partial charge in [-0.1, -0.05) is 17.7 Å². The van der Waals surface area contributed by atoms with Crippen LogP contribution >= 0.6 is 27.5 Å². The third-order valence-electron chi connectivity index (χ3n) is 2.89. The van der Waals surface area contributed by atoms with E-state index in [9.17, 15) is 13.6 Å². The first-order chi connectivity index (χ1) is 9.92. The lowest BCUT2D eigenvalue weighted by Gasteiger charge is -2.07. The zero-order valence-electron chi connectivity index (χ0n) is 10.9. The van der Waals surface area contributed by atoms with Gasteiger partial charge in [-0.15, -0.1) is 0 Å². The summed E-state index contributed by atoms with van der Waals surface area (Å²) in [5.41, 5.74) is 0.339. The van der Waals surface area contributed by atoms with Crippen LogP contribution in [0.3, 0.4) is 0 Å². The van der Waals surface area contributed by atoms with E-state index in [1.165, 1.54) is 7.11 Å². The Labute approximate surface area is 133 Å². The van der Waals surface area contributed by atoms with Gasteiger partial charge in [0.1, 0.15) is 17.4 Å². The standard InChI is InChI=1S/C15H10BrClF2O2/c1-21-15-3-2-8(4-10(15)16)5-14(20)9-6-13(19)11(17)7-12(9)18/h2-4,6-7H,5H2,1H3. The molecule has 2 rings (SSSR count). The van der Waals surface area contributed by atoms with Crippen molar-refractivity contribution in [3.8, 4) is 5.75 Å². The second-order valence-corrected chi connectivity index (χ2v) is 5.58. The number of ether oxygens (including phenoxy) is 1. The van der Waals surface area contributed by atoms with Crippen molar-refractivity contribution in [3.63, 3.8) is 0 Å². The van der Waals surface area contributed by atoms with Crippen LogP contribution in [0.15, 0.2) is 34.8 Å². The maximum absolute atomic E-state index is 13.7. The fourth-order valence-corrected chi connectivity index (χ4v) is 2.58. The van der Waals surface area contributed by atoms with E-state index in [0.717, 1.165) is 12.1 Å². The van der Waals surface area contributed by atoms with Gasteiger partial charge in [-0.25, -0.2) is 8.78 Å². The molecule has 0 amide bonds. The highest BCUT2D eigenvalue weighted by Gasteiger charge is 2.16. The lowest BCUT2D eigenvalue weighted by molar-refractivity contribution is 0.0988. The topological polar surface area (TPSA) is 26.3 Å². The van der Waals surface area contributed by atoms with Crippen molar-refractivity contribution in [2.24, 2.45) is 0 Å². The average molecular weight is 376 g/mol. The molecule has 2 aromatic carbocycles. The minimum Gasteiger partial charge on any atom is -0.496 e. The van der Waals surface area contributed by atoms with Crippen LogP contribution in [0, 0.1) is 11.6 Å². The third kappa shape index (κ3) is 3.60. The molecule has 0 fully saturated rings. The first-order valence-electron chi connectivity index (χ1n) is 5.92. The zero-order valence-corrected chi connectivity index (χ0v) is 13.3. The molecule has 0 unspecified atom stereocenters. The van der Waals surface area contributed by atoms with Gasteiger partial charge in [0.25, 0.3) is 0 Å². The molecule has 0 spiro atoms. The molecule has 0 saturated carbocycles. The van der Waals surface area contributed by atoms with Crippen LogP contribution in [-0.4, -0.2) is 12.9 Å². The minimum atomic E-state index is -0.834. The van der Waals surface area contributed by atoms with Crippen molar-refractivity contribution in [3.05, 3.63) is 62.6 Å². The van der Waals surface area contributed by atoms with Crippen molar-refractivity contribution in [1.29, 1.82) is 0 Å². The number of methoxy groups -OCH3 is 1. The van der Waals surface area contributed by atoms with E-state index in [-0.39, 0.29) is 17.0 Å². The number of ketones is 1. The quantitative estimate of drug-likeness (QED) is 0.566. The van der Waals surface area contributed by atoms with Gasteiger partial charge in [-0.05, 0) is 45.8 Å². The lowest BCUT2D eigenvalue weighted by atomic mass is 10.0. The number of halogens is 4. The van der Waals surface area contributed by atoms with Crippen LogP contribution in [0.25, 0.3) is 0 Å². The molecule has 0 radical (unpaired) electrons. The fraction of sp³-hybridized carbons (Fsp3) is 0.133. The Kier molecular flexibility index (Phi) is 4.96. The second-order valence-electron chi connectivity index (χ2n) is 4.32. The van der Waals surface area contributed by atoms with Crippen LogP contribution in [-0.2, 0) is 6.42 Å². The molecular weight excluding hydrogens is 366 g/mol. The highest BCUT2D eigenvalue weighted by atomic mass is 79.9. The Morgan fingerprint density at radius 3 is 2.57 bits per heavy atom.